The second-order valence-electron chi connectivity index (χ2n) is 10.0. The molecule has 0 heterocycles. The zero-order valence-corrected chi connectivity index (χ0v) is 15.7. The maximum absolute atomic E-state index is 12.3. The Labute approximate surface area is 151 Å². The lowest BCUT2D eigenvalue weighted by Crippen LogP contribution is -2.59. The number of hydrogen-bond donors (Lipinski definition) is 3. The van der Waals surface area contributed by atoms with E-state index in [9.17, 15) is 20.1 Å². The van der Waals surface area contributed by atoms with Crippen LogP contribution in [0.4, 0.5) is 0 Å². The van der Waals surface area contributed by atoms with Crippen molar-refractivity contribution in [2.75, 3.05) is 6.61 Å². The summed E-state index contributed by atoms with van der Waals surface area (Å²) < 4.78 is 0. The van der Waals surface area contributed by atoms with E-state index in [2.05, 4.69) is 13.8 Å². The van der Waals surface area contributed by atoms with Crippen LogP contribution in [-0.2, 0) is 4.79 Å². The molecular formula is C21H34O4. The molecule has 3 N–H and O–H groups in total. The Hall–Kier alpha value is -0.450. The molecular weight excluding hydrogens is 316 g/mol. The average molecular weight is 350 g/mol. The summed E-state index contributed by atoms with van der Waals surface area (Å²) in [5.74, 6) is 1.69. The van der Waals surface area contributed by atoms with Gasteiger partial charge >= 0.3 is 0 Å². The van der Waals surface area contributed by atoms with Gasteiger partial charge in [0.25, 0.3) is 0 Å². The number of aliphatic hydroxyl groups is 3. The molecule has 0 aromatic rings. The highest BCUT2D eigenvalue weighted by molar-refractivity contribution is 5.83. The molecule has 0 amide bonds. The van der Waals surface area contributed by atoms with Gasteiger partial charge in [-0.25, -0.2) is 0 Å². The first-order valence-corrected chi connectivity index (χ1v) is 10.3. The molecule has 9 atom stereocenters. The minimum Gasteiger partial charge on any atom is -0.393 e. The van der Waals surface area contributed by atoms with Crippen molar-refractivity contribution in [3.05, 3.63) is 0 Å². The monoisotopic (exact) mass is 350 g/mol. The average Bonchev–Trinajstić information content (AvgIpc) is 2.91. The van der Waals surface area contributed by atoms with E-state index < -0.39 is 0 Å². The first-order chi connectivity index (χ1) is 11.8. The van der Waals surface area contributed by atoms with Gasteiger partial charge in [-0.2, -0.15) is 0 Å². The van der Waals surface area contributed by atoms with Crippen molar-refractivity contribution in [3.8, 4) is 0 Å². The maximum Gasteiger partial charge on any atom is 0.161 e. The van der Waals surface area contributed by atoms with Crippen LogP contribution in [0.25, 0.3) is 0 Å². The number of carbonyl (C=O) groups excluding carboxylic acids is 1. The third-order valence-corrected chi connectivity index (χ3v) is 9.11. The highest BCUT2D eigenvalue weighted by Crippen LogP contribution is 2.67. The van der Waals surface area contributed by atoms with Crippen molar-refractivity contribution in [3.63, 3.8) is 0 Å². The highest BCUT2D eigenvalue weighted by atomic mass is 16.3. The Bertz CT molecular complexity index is 548. The molecule has 4 rings (SSSR count). The van der Waals surface area contributed by atoms with Gasteiger partial charge in [0.1, 0.15) is 6.61 Å². The van der Waals surface area contributed by atoms with Gasteiger partial charge in [-0.05, 0) is 85.9 Å². The lowest BCUT2D eigenvalue weighted by atomic mass is 9.44. The standard InChI is InChI=1S/C21H34O4/c1-20-8-7-13(23)9-12(20)3-4-14-15-5-6-16(18(25)11-22)21(15,2)10-17(24)19(14)20/h12-17,19,22-24H,3-11H2,1-2H3/t12-,13+,14+,15-,16-,17-,19-,20-,21-/m0/s1. The van der Waals surface area contributed by atoms with Crippen molar-refractivity contribution in [1.82, 2.24) is 0 Å². The quantitative estimate of drug-likeness (QED) is 0.715. The summed E-state index contributed by atoms with van der Waals surface area (Å²) in [4.78, 5) is 12.3. The van der Waals surface area contributed by atoms with Crippen LogP contribution in [0.1, 0.15) is 65.2 Å². The fourth-order valence-electron chi connectivity index (χ4n) is 8.00. The summed E-state index contributed by atoms with van der Waals surface area (Å²) in [5, 5.41) is 30.7. The molecule has 0 saturated heterocycles. The molecule has 4 heteroatoms. The Morgan fingerprint density at radius 2 is 1.80 bits per heavy atom. The van der Waals surface area contributed by atoms with Crippen LogP contribution in [0.15, 0.2) is 0 Å². The predicted octanol–water partition coefficient (Wildman–Crippen LogP) is 2.54. The van der Waals surface area contributed by atoms with Crippen LogP contribution in [0.2, 0.25) is 0 Å². The molecule has 0 unspecified atom stereocenters. The van der Waals surface area contributed by atoms with E-state index in [-0.39, 0.29) is 41.3 Å². The van der Waals surface area contributed by atoms with E-state index in [1.807, 2.05) is 0 Å². The van der Waals surface area contributed by atoms with Crippen LogP contribution >= 0.6 is 0 Å². The molecule has 4 fully saturated rings. The van der Waals surface area contributed by atoms with Gasteiger partial charge in [-0.1, -0.05) is 13.8 Å². The summed E-state index contributed by atoms with van der Waals surface area (Å²) in [5.41, 5.74) is -0.0280. The van der Waals surface area contributed by atoms with E-state index >= 15 is 0 Å². The first-order valence-electron chi connectivity index (χ1n) is 10.3. The molecule has 4 aliphatic carbocycles. The molecule has 0 spiro atoms. The predicted molar refractivity (Wildman–Crippen MR) is 94.7 cm³/mol. The van der Waals surface area contributed by atoms with Crippen LogP contribution in [0.5, 0.6) is 0 Å². The molecule has 142 valence electrons. The molecule has 0 radical (unpaired) electrons. The van der Waals surface area contributed by atoms with Gasteiger partial charge in [-0.15, -0.1) is 0 Å². The Morgan fingerprint density at radius 3 is 2.52 bits per heavy atom. The number of fused-ring (bicyclic) bond motifs is 5. The van der Waals surface area contributed by atoms with Crippen LogP contribution in [0.3, 0.4) is 0 Å². The molecule has 0 aromatic heterocycles. The van der Waals surface area contributed by atoms with Gasteiger partial charge in [0.2, 0.25) is 0 Å². The first kappa shape index (κ1) is 17.9. The summed E-state index contributed by atoms with van der Waals surface area (Å²) in [6.45, 7) is 4.19. The zero-order chi connectivity index (χ0) is 18.0. The summed E-state index contributed by atoms with van der Waals surface area (Å²) in [6, 6.07) is 0. The third kappa shape index (κ3) is 2.47. The SMILES string of the molecule is C[C@]12CC[C@@H](O)C[C@@H]1CC[C@H]1[C@H]2[C@@H](O)C[C@]2(C)[C@H](C(=O)CO)CC[C@@H]12. The number of rotatable bonds is 2. The molecule has 4 aliphatic rings. The molecule has 0 bridgehead atoms. The topological polar surface area (TPSA) is 77.8 Å². The molecule has 4 nitrogen and oxygen atoms in total. The molecule has 4 saturated carbocycles. The molecule has 25 heavy (non-hydrogen) atoms. The smallest absolute Gasteiger partial charge is 0.161 e. The highest BCUT2D eigenvalue weighted by Gasteiger charge is 2.63. The second-order valence-corrected chi connectivity index (χ2v) is 10.0. The third-order valence-electron chi connectivity index (χ3n) is 9.11. The van der Waals surface area contributed by atoms with E-state index in [0.717, 1.165) is 44.9 Å². The van der Waals surface area contributed by atoms with Crippen molar-refractivity contribution >= 4 is 5.78 Å². The van der Waals surface area contributed by atoms with Crippen molar-refractivity contribution in [2.24, 2.45) is 40.4 Å². The maximum atomic E-state index is 12.3. The number of carbonyl (C=O) groups is 1. The minimum atomic E-state index is -0.366. The Kier molecular flexibility index (Phi) is 4.33. The van der Waals surface area contributed by atoms with Gasteiger partial charge in [0.05, 0.1) is 12.2 Å². The largest absolute Gasteiger partial charge is 0.393 e. The van der Waals surface area contributed by atoms with Crippen LogP contribution in [0, 0.1) is 40.4 Å². The zero-order valence-electron chi connectivity index (χ0n) is 15.7. The number of ketones is 1. The van der Waals surface area contributed by atoms with Crippen molar-refractivity contribution in [1.29, 1.82) is 0 Å². The summed E-state index contributed by atoms with van der Waals surface area (Å²) >= 11 is 0. The number of hydrogen-bond acceptors (Lipinski definition) is 4. The van der Waals surface area contributed by atoms with E-state index in [4.69, 9.17) is 0 Å². The number of Topliss-reactive ketones (excluding diaryl/α,β-unsaturated/α-hetero) is 1. The number of aliphatic hydroxyl groups excluding tert-OH is 3. The van der Waals surface area contributed by atoms with E-state index in [1.165, 1.54) is 0 Å². The summed E-state index contributed by atoms with van der Waals surface area (Å²) in [7, 11) is 0. The lowest BCUT2D eigenvalue weighted by molar-refractivity contribution is -0.179. The van der Waals surface area contributed by atoms with E-state index in [0.29, 0.717) is 30.1 Å². The fourth-order valence-corrected chi connectivity index (χ4v) is 8.00. The van der Waals surface area contributed by atoms with Crippen LogP contribution < -0.4 is 0 Å². The lowest BCUT2D eigenvalue weighted by Gasteiger charge is -2.62. The van der Waals surface area contributed by atoms with Crippen molar-refractivity contribution in [2.45, 2.75) is 77.4 Å². The second kappa shape index (κ2) is 6.03. The fraction of sp³-hybridized carbons (Fsp3) is 0.952. The minimum absolute atomic E-state index is 0.0312. The normalized spacial score (nSPS) is 55.2. The van der Waals surface area contributed by atoms with E-state index in [1.54, 1.807) is 0 Å². The van der Waals surface area contributed by atoms with Gasteiger partial charge in [0, 0.05) is 5.92 Å². The molecule has 0 aromatic carbocycles. The molecule has 0 aliphatic heterocycles. The summed E-state index contributed by atoms with van der Waals surface area (Å²) in [6.07, 6.45) is 7.12. The Morgan fingerprint density at radius 1 is 1.04 bits per heavy atom. The van der Waals surface area contributed by atoms with Gasteiger partial charge in [-0.3, -0.25) is 4.79 Å². The Balaban J connectivity index is 1.65. The van der Waals surface area contributed by atoms with Gasteiger partial charge in [0.15, 0.2) is 5.78 Å². The van der Waals surface area contributed by atoms with Gasteiger partial charge < -0.3 is 15.3 Å². The van der Waals surface area contributed by atoms with Crippen LogP contribution in [-0.4, -0.2) is 39.9 Å². The van der Waals surface area contributed by atoms with Crippen molar-refractivity contribution < 1.29 is 20.1 Å².